The molecule has 0 amide bonds. The van der Waals surface area contributed by atoms with Crippen LogP contribution in [-0.4, -0.2) is 38.9 Å². The maximum Gasteiger partial charge on any atom is 0.160 e. The first-order chi connectivity index (χ1) is 12.1. The van der Waals surface area contributed by atoms with Crippen molar-refractivity contribution < 1.29 is 9.47 Å². The second kappa shape index (κ2) is 9.54. The van der Waals surface area contributed by atoms with E-state index in [2.05, 4.69) is 30.3 Å². The Bertz CT molecular complexity index is 678. The van der Waals surface area contributed by atoms with Gasteiger partial charge in [0.2, 0.25) is 0 Å². The number of rotatable bonds is 9. The number of hydrogen-bond acceptors (Lipinski definition) is 4. The Balaban J connectivity index is 1.96. The summed E-state index contributed by atoms with van der Waals surface area (Å²) in [6.07, 6.45) is 2.18. The highest BCUT2D eigenvalue weighted by Crippen LogP contribution is 2.27. The highest BCUT2D eigenvalue weighted by atomic mass is 35.5. The van der Waals surface area contributed by atoms with Gasteiger partial charge in [0.25, 0.3) is 0 Å². The van der Waals surface area contributed by atoms with Crippen molar-refractivity contribution in [2.75, 3.05) is 33.1 Å². The number of nitrogens with zero attached hydrogens (tertiary/aromatic N) is 1. The molecular formula is C20H27ClN2O2. The van der Waals surface area contributed by atoms with Gasteiger partial charge >= 0.3 is 0 Å². The minimum absolute atomic E-state index is 0.249. The first kappa shape index (κ1) is 19.4. The molecule has 2 aromatic rings. The van der Waals surface area contributed by atoms with E-state index >= 15 is 0 Å². The Morgan fingerprint density at radius 3 is 2.48 bits per heavy atom. The van der Waals surface area contributed by atoms with Crippen molar-refractivity contribution in [3.8, 4) is 11.5 Å². The Kier molecular flexibility index (Phi) is 7.41. The van der Waals surface area contributed by atoms with Gasteiger partial charge < -0.3 is 14.8 Å². The molecule has 0 aliphatic heterocycles. The number of benzene rings is 2. The molecule has 1 atom stereocenters. The fourth-order valence-electron chi connectivity index (χ4n) is 2.79. The maximum absolute atomic E-state index is 6.07. The minimum atomic E-state index is 0.249. The molecule has 2 aromatic carbocycles. The molecule has 5 heteroatoms. The molecule has 1 unspecified atom stereocenters. The number of likely N-dealkylation sites (N-methyl/N-ethyl adjacent to an activating group) is 1. The Morgan fingerprint density at radius 2 is 1.84 bits per heavy atom. The summed E-state index contributed by atoms with van der Waals surface area (Å²) in [5, 5.41) is 4.29. The molecule has 1 N–H and O–H groups in total. The Hall–Kier alpha value is -1.91. The molecule has 0 fully saturated rings. The first-order valence-electron chi connectivity index (χ1n) is 8.50. The summed E-state index contributed by atoms with van der Waals surface area (Å²) in [6, 6.07) is 13.9. The second-order valence-corrected chi connectivity index (χ2v) is 6.44. The van der Waals surface area contributed by atoms with Crippen molar-refractivity contribution in [1.82, 2.24) is 4.90 Å². The number of ether oxygens (including phenoxy) is 2. The molecule has 0 bridgehead atoms. The highest BCUT2D eigenvalue weighted by Gasteiger charge is 2.13. The zero-order valence-electron chi connectivity index (χ0n) is 15.4. The fraction of sp³-hybridized carbons (Fsp3) is 0.400. The molecule has 0 aromatic heterocycles. The largest absolute Gasteiger partial charge is 0.493 e. The van der Waals surface area contributed by atoms with Crippen LogP contribution >= 0.6 is 11.6 Å². The molecule has 25 heavy (non-hydrogen) atoms. The number of anilines is 1. The number of hydrogen-bond donors (Lipinski definition) is 1. The summed E-state index contributed by atoms with van der Waals surface area (Å²) in [5.41, 5.74) is 2.26. The molecular weight excluding hydrogens is 336 g/mol. The molecule has 0 radical (unpaired) electrons. The molecule has 136 valence electrons. The maximum atomic E-state index is 6.07. The van der Waals surface area contributed by atoms with Crippen LogP contribution < -0.4 is 14.8 Å². The van der Waals surface area contributed by atoms with E-state index in [1.807, 2.05) is 36.4 Å². The fourth-order valence-corrected chi connectivity index (χ4v) is 2.98. The number of methoxy groups -OCH3 is 2. The lowest BCUT2D eigenvalue weighted by Crippen LogP contribution is -2.38. The van der Waals surface area contributed by atoms with Crippen LogP contribution in [0.2, 0.25) is 5.02 Å². The van der Waals surface area contributed by atoms with E-state index in [1.54, 1.807) is 14.2 Å². The van der Waals surface area contributed by atoms with E-state index in [0.717, 1.165) is 41.6 Å². The second-order valence-electron chi connectivity index (χ2n) is 6.00. The van der Waals surface area contributed by atoms with Gasteiger partial charge in [-0.2, -0.15) is 0 Å². The van der Waals surface area contributed by atoms with Gasteiger partial charge in [0.05, 0.1) is 20.4 Å². The lowest BCUT2D eigenvalue weighted by atomic mass is 10.1. The SMILES string of the molecule is CCC(Nc1cccc(Cl)c1)N(C)CCc1ccc(OC)c(OC)c1. The van der Waals surface area contributed by atoms with Crippen molar-refractivity contribution in [2.45, 2.75) is 25.9 Å². The van der Waals surface area contributed by atoms with Gasteiger partial charge in [-0.15, -0.1) is 0 Å². The average molecular weight is 363 g/mol. The molecule has 0 saturated carbocycles. The molecule has 0 aliphatic carbocycles. The van der Waals surface area contributed by atoms with Gasteiger partial charge in [0.15, 0.2) is 11.5 Å². The van der Waals surface area contributed by atoms with Gasteiger partial charge in [-0.25, -0.2) is 0 Å². The normalized spacial score (nSPS) is 12.1. The standard InChI is InChI=1S/C20H27ClN2O2/c1-5-20(22-17-8-6-7-16(21)14-17)23(2)12-11-15-9-10-18(24-3)19(13-15)25-4/h6-10,13-14,20,22H,5,11-12H2,1-4H3. The minimum Gasteiger partial charge on any atom is -0.493 e. The van der Waals surface area contributed by atoms with Gasteiger partial charge in [0.1, 0.15) is 0 Å². The zero-order valence-corrected chi connectivity index (χ0v) is 16.1. The lowest BCUT2D eigenvalue weighted by Gasteiger charge is -2.29. The van der Waals surface area contributed by atoms with Crippen LogP contribution in [0.15, 0.2) is 42.5 Å². The van der Waals surface area contributed by atoms with Crippen molar-refractivity contribution in [1.29, 1.82) is 0 Å². The summed E-state index contributed by atoms with van der Waals surface area (Å²) in [4.78, 5) is 2.32. The van der Waals surface area contributed by atoms with Gasteiger partial charge in [-0.1, -0.05) is 30.7 Å². The van der Waals surface area contributed by atoms with Crippen LogP contribution in [0, 0.1) is 0 Å². The predicted molar refractivity (Wildman–Crippen MR) is 105 cm³/mol. The first-order valence-corrected chi connectivity index (χ1v) is 8.88. The molecule has 0 heterocycles. The van der Waals surface area contributed by atoms with Crippen LogP contribution in [0.3, 0.4) is 0 Å². The van der Waals surface area contributed by atoms with Crippen LogP contribution in [0.4, 0.5) is 5.69 Å². The molecule has 0 aliphatic rings. The summed E-state index contributed by atoms with van der Waals surface area (Å²) in [5.74, 6) is 1.53. The van der Waals surface area contributed by atoms with Crippen LogP contribution in [0.1, 0.15) is 18.9 Å². The molecule has 4 nitrogen and oxygen atoms in total. The topological polar surface area (TPSA) is 33.7 Å². The van der Waals surface area contributed by atoms with E-state index < -0.39 is 0 Å². The molecule has 2 rings (SSSR count). The average Bonchev–Trinajstić information content (AvgIpc) is 2.63. The summed E-state index contributed by atoms with van der Waals surface area (Å²) < 4.78 is 10.7. The Morgan fingerprint density at radius 1 is 1.08 bits per heavy atom. The third kappa shape index (κ3) is 5.55. The summed E-state index contributed by atoms with van der Waals surface area (Å²) >= 11 is 6.07. The van der Waals surface area contributed by atoms with Crippen LogP contribution in [0.5, 0.6) is 11.5 Å². The van der Waals surface area contributed by atoms with Crippen molar-refractivity contribution >= 4 is 17.3 Å². The lowest BCUT2D eigenvalue weighted by molar-refractivity contribution is 0.262. The summed E-state index contributed by atoms with van der Waals surface area (Å²) in [6.45, 7) is 3.11. The van der Waals surface area contributed by atoms with E-state index in [4.69, 9.17) is 21.1 Å². The van der Waals surface area contributed by atoms with Crippen LogP contribution in [-0.2, 0) is 6.42 Å². The number of nitrogens with one attached hydrogen (secondary N) is 1. The van der Waals surface area contributed by atoms with Crippen molar-refractivity contribution in [2.24, 2.45) is 0 Å². The third-order valence-corrected chi connectivity index (χ3v) is 4.51. The van der Waals surface area contributed by atoms with Gasteiger partial charge in [-0.05, 0) is 55.8 Å². The predicted octanol–water partition coefficient (Wildman–Crippen LogP) is 4.68. The van der Waals surface area contributed by atoms with Crippen molar-refractivity contribution in [3.63, 3.8) is 0 Å². The monoisotopic (exact) mass is 362 g/mol. The Labute approximate surface area is 155 Å². The molecule has 0 spiro atoms. The molecule has 0 saturated heterocycles. The van der Waals surface area contributed by atoms with Crippen LogP contribution in [0.25, 0.3) is 0 Å². The van der Waals surface area contributed by atoms with E-state index in [0.29, 0.717) is 0 Å². The third-order valence-electron chi connectivity index (χ3n) is 4.28. The van der Waals surface area contributed by atoms with Crippen molar-refractivity contribution in [3.05, 3.63) is 53.1 Å². The van der Waals surface area contributed by atoms with Gasteiger partial charge in [0, 0.05) is 17.3 Å². The van der Waals surface area contributed by atoms with Gasteiger partial charge in [-0.3, -0.25) is 4.90 Å². The number of halogens is 1. The quantitative estimate of drug-likeness (QED) is 0.657. The van der Waals surface area contributed by atoms with E-state index in [9.17, 15) is 0 Å². The van der Waals surface area contributed by atoms with E-state index in [-0.39, 0.29) is 6.17 Å². The highest BCUT2D eigenvalue weighted by molar-refractivity contribution is 6.30. The smallest absolute Gasteiger partial charge is 0.160 e. The zero-order chi connectivity index (χ0) is 18.2. The summed E-state index contributed by atoms with van der Waals surface area (Å²) in [7, 11) is 5.45. The van der Waals surface area contributed by atoms with E-state index in [1.165, 1.54) is 5.56 Å².